The van der Waals surface area contributed by atoms with E-state index in [1.807, 2.05) is 32.0 Å². The van der Waals surface area contributed by atoms with E-state index in [9.17, 15) is 4.79 Å². The van der Waals surface area contributed by atoms with Gasteiger partial charge in [-0.15, -0.1) is 0 Å². The van der Waals surface area contributed by atoms with E-state index in [0.717, 1.165) is 29.5 Å². The summed E-state index contributed by atoms with van der Waals surface area (Å²) in [6.07, 6.45) is 1.69. The van der Waals surface area contributed by atoms with Crippen LogP contribution in [0.3, 0.4) is 0 Å². The Bertz CT molecular complexity index is 394. The number of nitrogens with one attached hydrogen (secondary N) is 1. The molecule has 3 heteroatoms. The maximum atomic E-state index is 12.4. The van der Waals surface area contributed by atoms with Gasteiger partial charge in [-0.2, -0.15) is 0 Å². The first kappa shape index (κ1) is 14.7. The van der Waals surface area contributed by atoms with Crippen LogP contribution in [0.15, 0.2) is 18.2 Å². The SMILES string of the molecule is CCC(CC)(CN)NC(=O)c1c(C)cccc1C. The minimum atomic E-state index is -0.286. The first-order valence-electron chi connectivity index (χ1n) is 6.58. The summed E-state index contributed by atoms with van der Waals surface area (Å²) in [5, 5.41) is 3.11. The van der Waals surface area contributed by atoms with Crippen molar-refractivity contribution >= 4 is 5.91 Å². The Hall–Kier alpha value is -1.35. The third-order valence-electron chi connectivity index (χ3n) is 3.83. The zero-order chi connectivity index (χ0) is 13.8. The van der Waals surface area contributed by atoms with Gasteiger partial charge in [0.05, 0.1) is 5.54 Å². The number of aryl methyl sites for hydroxylation is 2. The summed E-state index contributed by atoms with van der Waals surface area (Å²) >= 11 is 0. The maximum absolute atomic E-state index is 12.4. The second kappa shape index (κ2) is 6.01. The molecule has 18 heavy (non-hydrogen) atoms. The summed E-state index contributed by atoms with van der Waals surface area (Å²) < 4.78 is 0. The molecule has 1 amide bonds. The molecule has 1 aromatic rings. The molecule has 0 aliphatic rings. The van der Waals surface area contributed by atoms with Crippen LogP contribution in [-0.4, -0.2) is 18.0 Å². The van der Waals surface area contributed by atoms with Crippen LogP contribution in [0.5, 0.6) is 0 Å². The highest BCUT2D eigenvalue weighted by molar-refractivity contribution is 5.97. The Balaban J connectivity index is 3.02. The second-order valence-corrected chi connectivity index (χ2v) is 4.91. The Morgan fingerprint density at radius 1 is 1.22 bits per heavy atom. The van der Waals surface area contributed by atoms with Crippen molar-refractivity contribution in [1.29, 1.82) is 0 Å². The lowest BCUT2D eigenvalue weighted by molar-refractivity contribution is 0.0894. The molecule has 0 saturated carbocycles. The Kier molecular flexibility index (Phi) is 4.91. The van der Waals surface area contributed by atoms with Gasteiger partial charge in [0.1, 0.15) is 0 Å². The van der Waals surface area contributed by atoms with E-state index in [2.05, 4.69) is 19.2 Å². The van der Waals surface area contributed by atoms with Gasteiger partial charge in [-0.25, -0.2) is 0 Å². The molecule has 3 nitrogen and oxygen atoms in total. The van der Waals surface area contributed by atoms with Crippen molar-refractivity contribution in [3.05, 3.63) is 34.9 Å². The molecule has 0 aliphatic carbocycles. The number of hydrogen-bond donors (Lipinski definition) is 2. The maximum Gasteiger partial charge on any atom is 0.252 e. The number of carbonyl (C=O) groups excluding carboxylic acids is 1. The average Bonchev–Trinajstić information content (AvgIpc) is 2.36. The van der Waals surface area contributed by atoms with Crippen molar-refractivity contribution < 1.29 is 4.79 Å². The van der Waals surface area contributed by atoms with Crippen LogP contribution in [-0.2, 0) is 0 Å². The summed E-state index contributed by atoms with van der Waals surface area (Å²) in [7, 11) is 0. The quantitative estimate of drug-likeness (QED) is 0.841. The van der Waals surface area contributed by atoms with Crippen LogP contribution >= 0.6 is 0 Å². The van der Waals surface area contributed by atoms with Crippen LogP contribution in [0.25, 0.3) is 0 Å². The fourth-order valence-electron chi connectivity index (χ4n) is 2.24. The highest BCUT2D eigenvalue weighted by atomic mass is 16.1. The third-order valence-corrected chi connectivity index (χ3v) is 3.83. The summed E-state index contributed by atoms with van der Waals surface area (Å²) in [6.45, 7) is 8.51. The lowest BCUT2D eigenvalue weighted by Gasteiger charge is -2.32. The number of rotatable bonds is 5. The molecule has 0 atom stereocenters. The molecule has 0 saturated heterocycles. The lowest BCUT2D eigenvalue weighted by Crippen LogP contribution is -2.53. The van der Waals surface area contributed by atoms with E-state index in [1.165, 1.54) is 0 Å². The van der Waals surface area contributed by atoms with Gasteiger partial charge in [0.15, 0.2) is 0 Å². The first-order chi connectivity index (χ1) is 8.49. The monoisotopic (exact) mass is 248 g/mol. The van der Waals surface area contributed by atoms with Crippen LogP contribution in [0.1, 0.15) is 48.2 Å². The lowest BCUT2D eigenvalue weighted by atomic mass is 9.91. The zero-order valence-corrected chi connectivity index (χ0v) is 11.8. The van der Waals surface area contributed by atoms with Crippen molar-refractivity contribution in [3.8, 4) is 0 Å². The Morgan fingerprint density at radius 2 is 1.72 bits per heavy atom. The molecule has 1 rings (SSSR count). The highest BCUT2D eigenvalue weighted by Gasteiger charge is 2.27. The van der Waals surface area contributed by atoms with Crippen molar-refractivity contribution in [2.24, 2.45) is 5.73 Å². The molecule has 0 fully saturated rings. The largest absolute Gasteiger partial charge is 0.345 e. The van der Waals surface area contributed by atoms with Crippen LogP contribution in [0.2, 0.25) is 0 Å². The Labute approximate surface area is 110 Å². The Morgan fingerprint density at radius 3 is 2.11 bits per heavy atom. The van der Waals surface area contributed by atoms with E-state index in [1.54, 1.807) is 0 Å². The van der Waals surface area contributed by atoms with Crippen LogP contribution in [0, 0.1) is 13.8 Å². The van der Waals surface area contributed by atoms with Crippen molar-refractivity contribution in [3.63, 3.8) is 0 Å². The summed E-state index contributed by atoms with van der Waals surface area (Å²) in [6, 6.07) is 5.89. The van der Waals surface area contributed by atoms with Crippen LogP contribution in [0.4, 0.5) is 0 Å². The molecule has 0 unspecified atom stereocenters. The topological polar surface area (TPSA) is 55.1 Å². The van der Waals surface area contributed by atoms with E-state index >= 15 is 0 Å². The smallest absolute Gasteiger partial charge is 0.252 e. The van der Waals surface area contributed by atoms with Crippen molar-refractivity contribution in [2.75, 3.05) is 6.54 Å². The molecule has 0 spiro atoms. The standard InChI is InChI=1S/C15H24N2O/c1-5-15(6-2,10-16)17-14(18)13-11(3)8-7-9-12(13)4/h7-9H,5-6,10,16H2,1-4H3,(H,17,18). The summed E-state index contributed by atoms with van der Waals surface area (Å²) in [5.74, 6) is -0.0141. The van der Waals surface area contributed by atoms with E-state index in [-0.39, 0.29) is 11.4 Å². The number of carbonyl (C=O) groups is 1. The highest BCUT2D eigenvalue weighted by Crippen LogP contribution is 2.18. The van der Waals surface area contributed by atoms with Gasteiger partial charge in [-0.1, -0.05) is 32.0 Å². The molecule has 0 radical (unpaired) electrons. The van der Waals surface area contributed by atoms with Gasteiger partial charge in [-0.05, 0) is 37.8 Å². The molecule has 3 N–H and O–H groups in total. The van der Waals surface area contributed by atoms with Gasteiger partial charge < -0.3 is 11.1 Å². The third kappa shape index (κ3) is 2.91. The molecular formula is C15H24N2O. The van der Waals surface area contributed by atoms with Crippen LogP contribution < -0.4 is 11.1 Å². The number of benzene rings is 1. The summed E-state index contributed by atoms with van der Waals surface area (Å²) in [4.78, 5) is 12.4. The summed E-state index contributed by atoms with van der Waals surface area (Å²) in [5.41, 5.74) is 8.32. The predicted molar refractivity (Wildman–Crippen MR) is 75.7 cm³/mol. The number of nitrogens with two attached hydrogens (primary N) is 1. The second-order valence-electron chi connectivity index (χ2n) is 4.91. The van der Waals surface area contributed by atoms with Gasteiger partial charge in [0.2, 0.25) is 0 Å². The van der Waals surface area contributed by atoms with Gasteiger partial charge in [0, 0.05) is 12.1 Å². The fraction of sp³-hybridized carbons (Fsp3) is 0.533. The normalized spacial score (nSPS) is 11.4. The molecule has 100 valence electrons. The van der Waals surface area contributed by atoms with E-state index in [0.29, 0.717) is 6.54 Å². The molecule has 0 bridgehead atoms. The number of hydrogen-bond acceptors (Lipinski definition) is 2. The van der Waals surface area contributed by atoms with Crippen molar-refractivity contribution in [1.82, 2.24) is 5.32 Å². The fourth-order valence-corrected chi connectivity index (χ4v) is 2.24. The first-order valence-corrected chi connectivity index (χ1v) is 6.58. The molecule has 0 heterocycles. The molecular weight excluding hydrogens is 224 g/mol. The van der Waals surface area contributed by atoms with Gasteiger partial charge in [0.25, 0.3) is 5.91 Å². The molecule has 1 aromatic carbocycles. The average molecular weight is 248 g/mol. The minimum absolute atomic E-state index is 0.0141. The van der Waals surface area contributed by atoms with Crippen molar-refractivity contribution in [2.45, 2.75) is 46.1 Å². The van der Waals surface area contributed by atoms with E-state index in [4.69, 9.17) is 5.73 Å². The van der Waals surface area contributed by atoms with Gasteiger partial charge in [-0.3, -0.25) is 4.79 Å². The van der Waals surface area contributed by atoms with Gasteiger partial charge >= 0.3 is 0 Å². The molecule has 0 aromatic heterocycles. The molecule has 0 aliphatic heterocycles. The zero-order valence-electron chi connectivity index (χ0n) is 11.8. The minimum Gasteiger partial charge on any atom is -0.345 e. The van der Waals surface area contributed by atoms with E-state index < -0.39 is 0 Å². The predicted octanol–water partition coefficient (Wildman–Crippen LogP) is 2.55. The number of amides is 1.